The van der Waals surface area contributed by atoms with Gasteiger partial charge in [0.1, 0.15) is 30.3 Å². The third-order valence-corrected chi connectivity index (χ3v) is 25.6. The number of aliphatic hydroxyl groups excluding tert-OH is 1. The molecule has 7 heterocycles. The molecule has 2 unspecified atom stereocenters. The summed E-state index contributed by atoms with van der Waals surface area (Å²) in [5.41, 5.74) is 10.9. The Morgan fingerprint density at radius 3 is 2.18 bits per heavy atom. The fourth-order valence-electron chi connectivity index (χ4n) is 19.2. The number of β-amino-alcohol motifs (C(OH)–C–C–N with tert-alkyl or cyclic N) is 1. The largest absolute Gasteiger partial charge is 0.497 e. The van der Waals surface area contributed by atoms with Crippen molar-refractivity contribution in [3.05, 3.63) is 136 Å². The van der Waals surface area contributed by atoms with Crippen LogP contribution in [0.25, 0.3) is 31.8 Å². The molecule has 5 fully saturated rings. The first-order valence-electron chi connectivity index (χ1n) is 39.8. The number of hydrogen-bond acceptors (Lipinski definition) is 19. The number of unbranched alkanes of at least 4 members (excludes halogenated alkanes) is 10. The number of thiazole rings is 2. The standard InChI is InChI=1S/C86H113N13O8S2/c1-56-65-26-25-41-97(77(65)95-94-76(56)93-81-90-68-27-22-23-28-70(68)109-81)71-39-38-66(73(91-71)80(104)106-47-60-30-36-64(105-11)37-31-60)67-45-88-99(59(67)4)54-85-49-83(8)48-84(9,50-85)52-86(51-83,53-85)107-43-42-96(10)40-24-20-18-16-14-12-13-15-17-19-21-29-72(101)92-75(82(5,6)7)79(103)98-46-63(100)44-69(98)78(102)89-57(2)61-32-34-62(35-33-61)74-58(3)87-55-108-74/h22-23,27-28,30-39,45,55,57,63,69,75,100H,12-21,24-26,29,40-44,46-54H2,1-11H3,(H,89,102)(H,92,101)(H,90,93,94)/t57-,63+,69-,75+,83?,84?,85?,86?/m0/s1. The maximum Gasteiger partial charge on any atom is 0.358 e. The number of hydrogen-bond donors (Lipinski definition) is 4. The van der Waals surface area contributed by atoms with E-state index in [-0.39, 0.29) is 70.9 Å². The zero-order chi connectivity index (χ0) is 76.8. The van der Waals surface area contributed by atoms with Gasteiger partial charge in [0.25, 0.3) is 0 Å². The molecule has 3 aromatic carbocycles. The van der Waals surface area contributed by atoms with Crippen molar-refractivity contribution in [3.63, 3.8) is 0 Å². The fourth-order valence-corrected chi connectivity index (χ4v) is 20.9. The van der Waals surface area contributed by atoms with Gasteiger partial charge in [-0.05, 0) is 180 Å². The molecule has 21 nitrogen and oxygen atoms in total. The molecule has 6 atom stereocenters. The number of carbonyl (C=O) groups is 4. The van der Waals surface area contributed by atoms with E-state index >= 15 is 0 Å². The summed E-state index contributed by atoms with van der Waals surface area (Å²) in [6.45, 7) is 23.1. The molecule has 1 saturated heterocycles. The number of aryl methyl sites for hydroxylation is 1. The summed E-state index contributed by atoms with van der Waals surface area (Å²) in [5.74, 6) is 1.36. The van der Waals surface area contributed by atoms with Gasteiger partial charge in [0.15, 0.2) is 22.5 Å². The number of amides is 3. The number of ether oxygens (including phenoxy) is 3. The number of nitrogens with zero attached hydrogens (tertiary/aromatic N) is 10. The number of rotatable bonds is 34. The van der Waals surface area contributed by atoms with Crippen LogP contribution in [0.5, 0.6) is 5.75 Å². The Kier molecular flexibility index (Phi) is 24.4. The van der Waals surface area contributed by atoms with Crippen molar-refractivity contribution in [2.24, 2.45) is 21.7 Å². The van der Waals surface area contributed by atoms with Crippen molar-refractivity contribution in [2.45, 2.75) is 240 Å². The van der Waals surface area contributed by atoms with E-state index in [2.05, 4.69) is 76.2 Å². The van der Waals surface area contributed by atoms with Crippen molar-refractivity contribution >= 4 is 79.2 Å². The minimum Gasteiger partial charge on any atom is -0.497 e. The minimum atomic E-state index is -0.846. The topological polar surface area (TPSA) is 244 Å². The zero-order valence-electron chi connectivity index (χ0n) is 65.9. The first-order valence-corrected chi connectivity index (χ1v) is 41.5. The average Bonchev–Trinajstić information content (AvgIpc) is 0.900. The van der Waals surface area contributed by atoms with Crippen LogP contribution in [0.1, 0.15) is 220 Å². The van der Waals surface area contributed by atoms with Gasteiger partial charge in [-0.3, -0.25) is 19.1 Å². The van der Waals surface area contributed by atoms with Gasteiger partial charge in [0.05, 0.1) is 64.0 Å². The lowest BCUT2D eigenvalue weighted by molar-refractivity contribution is -0.248. The van der Waals surface area contributed by atoms with Crippen molar-refractivity contribution in [1.82, 2.24) is 55.4 Å². The lowest BCUT2D eigenvalue weighted by Crippen LogP contribution is -2.64. The van der Waals surface area contributed by atoms with Crippen LogP contribution in [0.4, 0.5) is 22.6 Å². The molecular weight excluding hydrogens is 1410 g/mol. The van der Waals surface area contributed by atoms with Crippen LogP contribution < -0.4 is 25.6 Å². The van der Waals surface area contributed by atoms with Crippen LogP contribution in [0.2, 0.25) is 0 Å². The quantitative estimate of drug-likeness (QED) is 0.0216. The molecule has 4 N–H and O–H groups in total. The van der Waals surface area contributed by atoms with E-state index in [4.69, 9.17) is 39.5 Å². The van der Waals surface area contributed by atoms with Crippen molar-refractivity contribution in [2.75, 3.05) is 57.2 Å². The number of benzene rings is 3. The molecule has 5 aromatic heterocycles. The first-order chi connectivity index (χ1) is 52.3. The zero-order valence-corrected chi connectivity index (χ0v) is 67.6. The molecule has 8 aromatic rings. The second kappa shape index (κ2) is 33.8. The third-order valence-electron chi connectivity index (χ3n) is 23.7. The second-order valence-corrected chi connectivity index (χ2v) is 36.1. The Morgan fingerprint density at radius 2 is 1.50 bits per heavy atom. The highest BCUT2D eigenvalue weighted by molar-refractivity contribution is 7.22. The molecule has 2 aliphatic heterocycles. The number of aliphatic hydroxyl groups is 1. The molecule has 0 radical (unpaired) electrons. The number of aromatic nitrogens is 7. The van der Waals surface area contributed by atoms with Gasteiger partial charge in [0, 0.05) is 67.0 Å². The van der Waals surface area contributed by atoms with E-state index < -0.39 is 29.6 Å². The van der Waals surface area contributed by atoms with E-state index in [9.17, 15) is 24.3 Å². The van der Waals surface area contributed by atoms with Crippen LogP contribution in [-0.2, 0) is 43.4 Å². The summed E-state index contributed by atoms with van der Waals surface area (Å²) < 4.78 is 22.1. The monoisotopic (exact) mass is 1520 g/mol. The summed E-state index contributed by atoms with van der Waals surface area (Å²) in [6.07, 6.45) is 22.4. The number of methoxy groups -OCH3 is 1. The van der Waals surface area contributed by atoms with E-state index in [0.717, 1.165) is 173 Å². The highest BCUT2D eigenvalue weighted by Gasteiger charge is 2.66. The van der Waals surface area contributed by atoms with Crippen molar-refractivity contribution in [3.8, 4) is 27.3 Å². The van der Waals surface area contributed by atoms with E-state index in [1.165, 1.54) is 56.3 Å². The first kappa shape index (κ1) is 78.9. The van der Waals surface area contributed by atoms with Gasteiger partial charge < -0.3 is 50.0 Å². The molecule has 582 valence electrons. The highest BCUT2D eigenvalue weighted by Crippen LogP contribution is 2.72. The number of fused-ring (bicyclic) bond motifs is 2. The number of anilines is 4. The molecule has 14 rings (SSSR count). The predicted molar refractivity (Wildman–Crippen MR) is 432 cm³/mol. The van der Waals surface area contributed by atoms with Gasteiger partial charge >= 0.3 is 5.97 Å². The number of likely N-dealkylation sites (N-methyl/N-ethyl adjacent to an activating group) is 1. The summed E-state index contributed by atoms with van der Waals surface area (Å²) >= 11 is 3.18. The predicted octanol–water partition coefficient (Wildman–Crippen LogP) is 16.7. The fraction of sp³-hybridized carbons (Fsp3) is 0.558. The van der Waals surface area contributed by atoms with Crippen molar-refractivity contribution < 1.29 is 38.5 Å². The number of carbonyl (C=O) groups excluding carboxylic acids is 4. The van der Waals surface area contributed by atoms with Gasteiger partial charge in [0.2, 0.25) is 17.7 Å². The minimum absolute atomic E-state index is 0.00205. The van der Waals surface area contributed by atoms with E-state index in [0.29, 0.717) is 30.2 Å². The Hall–Kier alpha value is -8.22. The van der Waals surface area contributed by atoms with Crippen molar-refractivity contribution in [1.29, 1.82) is 0 Å². The highest BCUT2D eigenvalue weighted by atomic mass is 32.1. The number of esters is 1. The summed E-state index contributed by atoms with van der Waals surface area (Å²) in [7, 11) is 3.88. The number of nitrogens with one attached hydrogen (secondary N) is 3. The SMILES string of the molecule is COc1ccc(COC(=O)c2nc(N3CCCc4c3nnc(Nc3nc5ccccc5s3)c4C)ccc2-c2cnn(CC34CC5(C)CC(C)(C3)CC(OCCN(C)CCCCCCCCCCCCCC(=O)N[C@H](C(=O)N3C[C@H](O)C[C@H]3C(=O)N[C@@H](C)c3ccc(-c6scnc6C)cc3)C(C)(C)C)(C5)C4)c2C)cc1. The smallest absolute Gasteiger partial charge is 0.358 e. The molecule has 109 heavy (non-hydrogen) atoms. The van der Waals surface area contributed by atoms with Gasteiger partial charge in [-0.15, -0.1) is 21.5 Å². The van der Waals surface area contributed by atoms with E-state index in [1.54, 1.807) is 29.8 Å². The second-order valence-electron chi connectivity index (χ2n) is 34.2. The van der Waals surface area contributed by atoms with E-state index in [1.807, 2.05) is 125 Å². The number of likely N-dealkylation sites (tertiary alicyclic amines) is 1. The van der Waals surface area contributed by atoms with Crippen LogP contribution in [0.15, 0.2) is 96.6 Å². The van der Waals surface area contributed by atoms with Gasteiger partial charge in [-0.2, -0.15) is 5.10 Å². The molecule has 6 aliphatic rings. The van der Waals surface area contributed by atoms with Crippen LogP contribution in [0, 0.1) is 42.4 Å². The average molecular weight is 1520 g/mol. The Bertz CT molecular complexity index is 4460. The normalized spacial score (nSPS) is 22.1. The Morgan fingerprint density at radius 1 is 0.789 bits per heavy atom. The van der Waals surface area contributed by atoms with Crippen LogP contribution in [-0.4, -0.2) is 144 Å². The molecular formula is C86H113N13O8S2. The summed E-state index contributed by atoms with van der Waals surface area (Å²) in [6, 6.07) is 25.7. The molecule has 3 amide bonds. The van der Waals surface area contributed by atoms with Crippen LogP contribution >= 0.6 is 22.7 Å². The Balaban J connectivity index is 0.541. The van der Waals surface area contributed by atoms with Gasteiger partial charge in [-0.25, -0.2) is 19.7 Å². The van der Waals surface area contributed by atoms with Gasteiger partial charge in [-0.1, -0.05) is 152 Å². The molecule has 4 saturated carbocycles. The third kappa shape index (κ3) is 18.5. The lowest BCUT2D eigenvalue weighted by Gasteiger charge is -2.69. The molecule has 0 spiro atoms. The lowest BCUT2D eigenvalue weighted by atomic mass is 9.39. The Labute approximate surface area is 651 Å². The molecule has 4 aliphatic carbocycles. The maximum atomic E-state index is 14.7. The molecule has 23 heteroatoms. The number of para-hydroxylation sites is 1. The van der Waals surface area contributed by atoms with Crippen LogP contribution in [0.3, 0.4) is 0 Å². The summed E-state index contributed by atoms with van der Waals surface area (Å²) in [5, 5.41) is 35.8. The maximum absolute atomic E-state index is 14.7. The molecule has 4 bridgehead atoms. The number of pyridine rings is 1. The summed E-state index contributed by atoms with van der Waals surface area (Å²) in [4.78, 5) is 77.6.